The molecule has 214 valence electrons. The number of carbonyl (C=O) groups excluding carboxylic acids is 1. The van der Waals surface area contributed by atoms with E-state index in [1.165, 1.54) is 25.7 Å². The van der Waals surface area contributed by atoms with E-state index in [4.69, 9.17) is 5.73 Å². The summed E-state index contributed by atoms with van der Waals surface area (Å²) in [6.45, 7) is 12.1. The highest BCUT2D eigenvalue weighted by atomic mass is 16.3. The van der Waals surface area contributed by atoms with Crippen LogP contribution in [0, 0.1) is 46.3 Å². The molecule has 37 heavy (non-hydrogen) atoms. The fourth-order valence-electron chi connectivity index (χ4n) is 9.72. The van der Waals surface area contributed by atoms with Gasteiger partial charge in [-0.15, -0.1) is 0 Å². The van der Waals surface area contributed by atoms with Crippen LogP contribution < -0.4 is 21.7 Å². The van der Waals surface area contributed by atoms with Crippen LogP contribution in [0.3, 0.4) is 0 Å². The van der Waals surface area contributed by atoms with Crippen molar-refractivity contribution in [1.82, 2.24) is 16.0 Å². The first kappa shape index (κ1) is 29.3. The molecule has 0 bridgehead atoms. The average Bonchev–Trinajstić information content (AvgIpc) is 3.23. The van der Waals surface area contributed by atoms with E-state index in [0.717, 1.165) is 58.3 Å². The van der Waals surface area contributed by atoms with Gasteiger partial charge in [0.25, 0.3) is 0 Å². The lowest BCUT2D eigenvalue weighted by Crippen LogP contribution is -2.58. The van der Waals surface area contributed by atoms with Crippen LogP contribution in [0.15, 0.2) is 0 Å². The fourth-order valence-corrected chi connectivity index (χ4v) is 9.72. The highest BCUT2D eigenvalue weighted by Crippen LogP contribution is 2.68. The van der Waals surface area contributed by atoms with Gasteiger partial charge in [-0.1, -0.05) is 20.8 Å². The number of nitrogens with two attached hydrogens (primary N) is 1. The molecule has 10 atom stereocenters. The molecule has 4 saturated carbocycles. The lowest BCUT2D eigenvalue weighted by Gasteiger charge is -2.62. The van der Waals surface area contributed by atoms with Crippen molar-refractivity contribution in [3.63, 3.8) is 0 Å². The van der Waals surface area contributed by atoms with E-state index in [1.807, 2.05) is 0 Å². The van der Waals surface area contributed by atoms with Gasteiger partial charge in [-0.25, -0.2) is 0 Å². The van der Waals surface area contributed by atoms with Crippen molar-refractivity contribution >= 4 is 5.91 Å². The molecule has 4 fully saturated rings. The molecule has 7 N–H and O–H groups in total. The lowest BCUT2D eigenvalue weighted by molar-refractivity contribution is -0.172. The van der Waals surface area contributed by atoms with Crippen LogP contribution >= 0.6 is 0 Å². The van der Waals surface area contributed by atoms with E-state index >= 15 is 0 Å². The Labute approximate surface area is 225 Å². The minimum atomic E-state index is -0.264. The molecule has 0 radical (unpaired) electrons. The van der Waals surface area contributed by atoms with E-state index < -0.39 is 0 Å². The van der Waals surface area contributed by atoms with Crippen LogP contribution in [0.5, 0.6) is 0 Å². The summed E-state index contributed by atoms with van der Waals surface area (Å²) in [5, 5.41) is 31.2. The van der Waals surface area contributed by atoms with Gasteiger partial charge in [-0.2, -0.15) is 0 Å². The number of carbonyl (C=O) groups is 1. The molecule has 0 unspecified atom stereocenters. The van der Waals surface area contributed by atoms with Gasteiger partial charge in [0.05, 0.1) is 12.2 Å². The van der Waals surface area contributed by atoms with Crippen molar-refractivity contribution in [1.29, 1.82) is 0 Å². The number of amides is 1. The van der Waals surface area contributed by atoms with Crippen LogP contribution in [0.4, 0.5) is 0 Å². The normalized spacial score (nSPS) is 41.9. The Morgan fingerprint density at radius 3 is 2.32 bits per heavy atom. The fraction of sp³-hybridized carbons (Fsp3) is 0.967. The maximum atomic E-state index is 12.5. The largest absolute Gasteiger partial charge is 0.393 e. The van der Waals surface area contributed by atoms with Crippen LogP contribution in [0.25, 0.3) is 0 Å². The van der Waals surface area contributed by atoms with Crippen molar-refractivity contribution < 1.29 is 15.0 Å². The van der Waals surface area contributed by atoms with Gasteiger partial charge in [0.15, 0.2) is 0 Å². The Kier molecular flexibility index (Phi) is 9.99. The predicted molar refractivity (Wildman–Crippen MR) is 149 cm³/mol. The Bertz CT molecular complexity index is 752. The molecule has 4 aliphatic carbocycles. The molecule has 4 rings (SSSR count). The third-order valence-corrected chi connectivity index (χ3v) is 11.7. The number of hydrogen-bond acceptors (Lipinski definition) is 6. The van der Waals surface area contributed by atoms with E-state index in [0.29, 0.717) is 54.5 Å². The second kappa shape index (κ2) is 12.6. The smallest absolute Gasteiger partial charge is 0.220 e. The first-order chi connectivity index (χ1) is 17.7. The zero-order valence-electron chi connectivity index (χ0n) is 23.8. The summed E-state index contributed by atoms with van der Waals surface area (Å²) in [6, 6.07) is 0. The minimum Gasteiger partial charge on any atom is -0.393 e. The van der Waals surface area contributed by atoms with Gasteiger partial charge in [0.1, 0.15) is 0 Å². The van der Waals surface area contributed by atoms with E-state index in [2.05, 4.69) is 36.7 Å². The zero-order chi connectivity index (χ0) is 26.6. The molecular weight excluding hydrogens is 464 g/mol. The molecule has 0 spiro atoms. The van der Waals surface area contributed by atoms with E-state index in [1.54, 1.807) is 0 Å². The van der Waals surface area contributed by atoms with E-state index in [9.17, 15) is 15.0 Å². The molecule has 0 aromatic heterocycles. The zero-order valence-corrected chi connectivity index (χ0v) is 23.8. The number of fused-ring (bicyclic) bond motifs is 5. The van der Waals surface area contributed by atoms with Crippen LogP contribution in [-0.4, -0.2) is 67.6 Å². The van der Waals surface area contributed by atoms with Gasteiger partial charge >= 0.3 is 0 Å². The standard InChI is InChI=1S/C30H56N4O3/c1-20(4-7-28(37)34-17-16-33-15-14-32-13-12-31)23-5-6-24-22-19-27(36)26-18-21(35)8-10-30(26,3)25(22)9-11-29(23,24)2/h20-27,32-33,35-36H,4-19,31H2,1-3H3,(H,34,37)/t20-,21-,22+,23-,24+,25+,26+,27+,29-,30-/m1/s1. The van der Waals surface area contributed by atoms with Gasteiger partial charge in [-0.05, 0) is 104 Å². The summed E-state index contributed by atoms with van der Waals surface area (Å²) >= 11 is 0. The number of hydrogen-bond donors (Lipinski definition) is 6. The van der Waals surface area contributed by atoms with E-state index in [-0.39, 0.29) is 29.4 Å². The van der Waals surface area contributed by atoms with Crippen LogP contribution in [-0.2, 0) is 4.79 Å². The van der Waals surface area contributed by atoms with Gasteiger partial charge in [0, 0.05) is 45.7 Å². The molecule has 0 aliphatic heterocycles. The summed E-state index contributed by atoms with van der Waals surface area (Å²) in [5.74, 6) is 3.65. The topological polar surface area (TPSA) is 120 Å². The van der Waals surface area contributed by atoms with Gasteiger partial charge in [0.2, 0.25) is 5.91 Å². The SMILES string of the molecule is C[C@H](CCC(=O)NCCNCCNCCN)[C@H]1CC[C@H]2[C@@H]3C[C@H](O)[C@@H]4C[C@H](O)CC[C@]4(C)[C@H]3CC[C@]12C. The van der Waals surface area contributed by atoms with Crippen molar-refractivity contribution in [2.75, 3.05) is 39.3 Å². The number of nitrogens with one attached hydrogen (secondary N) is 3. The quantitative estimate of drug-likeness (QED) is 0.220. The average molecular weight is 521 g/mol. The molecule has 0 saturated heterocycles. The van der Waals surface area contributed by atoms with Crippen molar-refractivity contribution in [3.05, 3.63) is 0 Å². The first-order valence-electron chi connectivity index (χ1n) is 15.4. The molecule has 0 aromatic rings. The Morgan fingerprint density at radius 1 is 0.892 bits per heavy atom. The van der Waals surface area contributed by atoms with Crippen molar-refractivity contribution in [3.8, 4) is 0 Å². The summed E-state index contributed by atoms with van der Waals surface area (Å²) in [7, 11) is 0. The summed E-state index contributed by atoms with van der Waals surface area (Å²) < 4.78 is 0. The minimum absolute atomic E-state index is 0.173. The molecule has 7 heteroatoms. The first-order valence-corrected chi connectivity index (χ1v) is 15.4. The second-order valence-electron chi connectivity index (χ2n) is 13.6. The Hall–Kier alpha value is -0.730. The van der Waals surface area contributed by atoms with Gasteiger partial charge in [-0.3, -0.25) is 4.79 Å². The second-order valence-corrected chi connectivity index (χ2v) is 13.6. The summed E-state index contributed by atoms with van der Waals surface area (Å²) in [6.07, 6.45) is 9.86. The monoisotopic (exact) mass is 520 g/mol. The maximum absolute atomic E-state index is 12.5. The highest BCUT2D eigenvalue weighted by molar-refractivity contribution is 5.75. The van der Waals surface area contributed by atoms with Crippen molar-refractivity contribution in [2.24, 2.45) is 52.1 Å². The molecule has 0 aromatic carbocycles. The molecule has 7 nitrogen and oxygen atoms in total. The van der Waals surface area contributed by atoms with Crippen LogP contribution in [0.2, 0.25) is 0 Å². The highest BCUT2D eigenvalue weighted by Gasteiger charge is 2.62. The Balaban J connectivity index is 1.25. The third-order valence-electron chi connectivity index (χ3n) is 11.7. The predicted octanol–water partition coefficient (Wildman–Crippen LogP) is 2.65. The third kappa shape index (κ3) is 6.21. The van der Waals surface area contributed by atoms with Gasteiger partial charge < -0.3 is 31.9 Å². The summed E-state index contributed by atoms with van der Waals surface area (Å²) in [5.41, 5.74) is 5.98. The molecule has 0 heterocycles. The summed E-state index contributed by atoms with van der Waals surface area (Å²) in [4.78, 5) is 12.5. The number of aliphatic hydroxyl groups excluding tert-OH is 2. The van der Waals surface area contributed by atoms with Crippen LogP contribution in [0.1, 0.15) is 85.0 Å². The Morgan fingerprint density at radius 2 is 1.57 bits per heavy atom. The molecule has 4 aliphatic rings. The molecule has 1 amide bonds. The maximum Gasteiger partial charge on any atom is 0.220 e. The number of rotatable bonds is 12. The van der Waals surface area contributed by atoms with Crippen molar-refractivity contribution in [2.45, 2.75) is 97.2 Å². The lowest BCUT2D eigenvalue weighted by atomic mass is 9.44. The number of aliphatic hydroxyl groups is 2. The molecular formula is C30H56N4O3.